The van der Waals surface area contributed by atoms with Gasteiger partial charge in [0.05, 0.1) is 12.9 Å². The van der Waals surface area contributed by atoms with Gasteiger partial charge in [0, 0.05) is 5.54 Å². The van der Waals surface area contributed by atoms with Gasteiger partial charge in [0.25, 0.3) is 0 Å². The van der Waals surface area contributed by atoms with Crippen LogP contribution in [0, 0.1) is 17.8 Å². The molecular formula is C20H28N6NaO6P. The topological polar surface area (TPSA) is 181 Å². The standard InChI is InChI=1S/C20H29N6O6P.Na/c21-17-14-18(23-8-22-17)26(9-24-14)19-16(28)15(27)13(32-19)7-31-33(29,30)25-20-4-10-1-11(5-20)3-12(2-10)6-20;/h8-13,15-16,19,27-28H,1-7H2,(H2,21,22,23)(H2,25,29,30);/q;+1/p-1/t10?,11?,12?,13-,15-,16-,19-,20?;/m1./s1. The van der Waals surface area contributed by atoms with E-state index < -0.39 is 44.4 Å². The van der Waals surface area contributed by atoms with Gasteiger partial charge in [0.2, 0.25) is 7.75 Å². The summed E-state index contributed by atoms with van der Waals surface area (Å²) < 4.78 is 25.3. The Labute approximate surface area is 218 Å². The summed E-state index contributed by atoms with van der Waals surface area (Å²) in [7, 11) is -4.39. The van der Waals surface area contributed by atoms with Crippen molar-refractivity contribution in [3.8, 4) is 0 Å². The first kappa shape index (κ1) is 25.0. The Morgan fingerprint density at radius 3 is 2.47 bits per heavy atom. The number of aliphatic hydroxyl groups is 2. The summed E-state index contributed by atoms with van der Waals surface area (Å²) in [5.41, 5.74) is 6.06. The number of nitrogens with zero attached hydrogens (tertiary/aromatic N) is 4. The minimum absolute atomic E-state index is 0. The number of nitrogens with one attached hydrogen (secondary N) is 1. The molecule has 5 aliphatic rings. The Kier molecular flexibility index (Phi) is 6.64. The molecule has 2 aromatic heterocycles. The summed E-state index contributed by atoms with van der Waals surface area (Å²) in [5, 5.41) is 23.9. The number of anilines is 1. The van der Waals surface area contributed by atoms with Gasteiger partial charge in [-0.05, 0) is 56.3 Å². The monoisotopic (exact) mass is 502 g/mol. The zero-order chi connectivity index (χ0) is 23.0. The van der Waals surface area contributed by atoms with Gasteiger partial charge < -0.3 is 30.1 Å². The van der Waals surface area contributed by atoms with Crippen LogP contribution in [0.2, 0.25) is 0 Å². The van der Waals surface area contributed by atoms with Crippen LogP contribution in [0.15, 0.2) is 12.7 Å². The fourth-order valence-electron chi connectivity index (χ4n) is 6.89. The normalized spacial score (nSPS) is 40.4. The molecule has 4 aliphatic carbocycles. The zero-order valence-electron chi connectivity index (χ0n) is 19.0. The Morgan fingerprint density at radius 2 is 1.82 bits per heavy atom. The van der Waals surface area contributed by atoms with Crippen molar-refractivity contribution in [2.24, 2.45) is 17.8 Å². The summed E-state index contributed by atoms with van der Waals surface area (Å²) in [6.45, 7) is -0.418. The number of nitrogens with two attached hydrogens (primary N) is 1. The number of fused-ring (bicyclic) bond motifs is 1. The molecule has 12 nitrogen and oxygen atoms in total. The molecule has 1 unspecified atom stereocenters. The van der Waals surface area contributed by atoms with Gasteiger partial charge in [-0.2, -0.15) is 0 Å². The number of hydrogen-bond acceptors (Lipinski definition) is 10. The molecule has 5 fully saturated rings. The molecule has 0 amide bonds. The van der Waals surface area contributed by atoms with E-state index in [0.29, 0.717) is 28.9 Å². The maximum atomic E-state index is 12.8. The number of aromatic nitrogens is 4. The molecular weight excluding hydrogens is 474 g/mol. The van der Waals surface area contributed by atoms with Crippen LogP contribution in [0.4, 0.5) is 5.82 Å². The van der Waals surface area contributed by atoms with Crippen molar-refractivity contribution in [1.82, 2.24) is 24.6 Å². The molecule has 0 radical (unpaired) electrons. The molecule has 180 valence electrons. The van der Waals surface area contributed by atoms with Gasteiger partial charge in [-0.1, -0.05) is 0 Å². The molecule has 7 rings (SSSR count). The van der Waals surface area contributed by atoms with Crippen molar-refractivity contribution in [2.75, 3.05) is 12.3 Å². The zero-order valence-corrected chi connectivity index (χ0v) is 21.9. The second-order valence-electron chi connectivity index (χ2n) is 10.2. The van der Waals surface area contributed by atoms with E-state index in [9.17, 15) is 19.7 Å². The third-order valence-electron chi connectivity index (χ3n) is 7.82. The first-order valence-electron chi connectivity index (χ1n) is 11.4. The van der Waals surface area contributed by atoms with E-state index in [1.807, 2.05) is 0 Å². The Morgan fingerprint density at radius 1 is 1.18 bits per heavy atom. The predicted molar refractivity (Wildman–Crippen MR) is 113 cm³/mol. The van der Waals surface area contributed by atoms with E-state index in [1.54, 1.807) is 0 Å². The quantitative estimate of drug-likeness (QED) is 0.235. The number of imidazole rings is 1. The van der Waals surface area contributed by atoms with Gasteiger partial charge in [-0.15, -0.1) is 0 Å². The summed E-state index contributed by atoms with van der Waals surface area (Å²) in [5.74, 6) is 1.93. The van der Waals surface area contributed by atoms with Gasteiger partial charge in [-0.3, -0.25) is 14.2 Å². The van der Waals surface area contributed by atoms with Gasteiger partial charge in [0.1, 0.15) is 30.2 Å². The van der Waals surface area contributed by atoms with E-state index >= 15 is 0 Å². The molecule has 34 heavy (non-hydrogen) atoms. The second kappa shape index (κ2) is 9.02. The van der Waals surface area contributed by atoms with Crippen LogP contribution >= 0.6 is 7.75 Å². The third kappa shape index (κ3) is 4.36. The van der Waals surface area contributed by atoms with Gasteiger partial charge in [0.15, 0.2) is 17.7 Å². The summed E-state index contributed by atoms with van der Waals surface area (Å²) in [6.07, 6.45) is 4.04. The summed E-state index contributed by atoms with van der Waals surface area (Å²) >= 11 is 0. The molecule has 1 aliphatic heterocycles. The molecule has 1 saturated heterocycles. The van der Waals surface area contributed by atoms with Crippen molar-refractivity contribution < 1.29 is 58.5 Å². The molecule has 4 saturated carbocycles. The maximum Gasteiger partial charge on any atom is 1.00 e. The number of rotatable bonds is 6. The van der Waals surface area contributed by atoms with E-state index in [2.05, 4.69) is 20.0 Å². The van der Waals surface area contributed by atoms with E-state index in [4.69, 9.17) is 15.0 Å². The minimum atomic E-state index is -4.39. The van der Waals surface area contributed by atoms with Crippen LogP contribution in [0.3, 0.4) is 0 Å². The fourth-order valence-corrected chi connectivity index (χ4v) is 8.16. The Balaban J connectivity index is 0.00000241. The molecule has 0 spiro atoms. The number of hydrogen-bond donors (Lipinski definition) is 4. The first-order valence-corrected chi connectivity index (χ1v) is 13.0. The third-order valence-corrected chi connectivity index (χ3v) is 9.06. The van der Waals surface area contributed by atoms with Gasteiger partial charge in [-0.25, -0.2) is 15.0 Å². The fraction of sp³-hybridized carbons (Fsp3) is 0.750. The Hall–Kier alpha value is -0.660. The van der Waals surface area contributed by atoms with Crippen LogP contribution in [-0.2, 0) is 13.8 Å². The van der Waals surface area contributed by atoms with Crippen LogP contribution in [-0.4, -0.2) is 60.2 Å². The summed E-state index contributed by atoms with van der Waals surface area (Å²) in [6, 6.07) is 0. The molecule has 2 aromatic rings. The van der Waals surface area contributed by atoms with Crippen LogP contribution in [0.25, 0.3) is 11.2 Å². The number of nitrogen functional groups attached to an aromatic ring is 1. The smallest absolute Gasteiger partial charge is 0.766 e. The minimum Gasteiger partial charge on any atom is -0.766 e. The van der Waals surface area contributed by atoms with E-state index in [0.717, 1.165) is 19.3 Å². The second-order valence-corrected chi connectivity index (χ2v) is 11.7. The van der Waals surface area contributed by atoms with E-state index in [-0.39, 0.29) is 35.4 Å². The molecule has 5 N–H and O–H groups in total. The van der Waals surface area contributed by atoms with Crippen molar-refractivity contribution >= 4 is 24.7 Å². The van der Waals surface area contributed by atoms with Crippen LogP contribution < -0.4 is 45.3 Å². The Bertz CT molecular complexity index is 1080. The number of aliphatic hydroxyl groups excluding tert-OH is 2. The number of ether oxygens (including phenoxy) is 1. The van der Waals surface area contributed by atoms with Crippen molar-refractivity contribution in [3.05, 3.63) is 12.7 Å². The summed E-state index contributed by atoms with van der Waals surface area (Å²) in [4.78, 5) is 25.0. The van der Waals surface area contributed by atoms with Crippen LogP contribution in [0.1, 0.15) is 44.8 Å². The van der Waals surface area contributed by atoms with E-state index in [1.165, 1.54) is 36.5 Å². The largest absolute Gasteiger partial charge is 1.00 e. The van der Waals surface area contributed by atoms with Crippen molar-refractivity contribution in [3.63, 3.8) is 0 Å². The predicted octanol–water partition coefficient (Wildman–Crippen LogP) is -2.92. The first-order chi connectivity index (χ1) is 15.7. The van der Waals surface area contributed by atoms with Gasteiger partial charge >= 0.3 is 29.6 Å². The molecule has 3 heterocycles. The maximum absolute atomic E-state index is 12.8. The molecule has 4 bridgehead atoms. The van der Waals surface area contributed by atoms with Crippen molar-refractivity contribution in [2.45, 2.75) is 68.6 Å². The molecule has 5 atom stereocenters. The SMILES string of the molecule is Nc1ncnc2c1ncn2[C@@H]1O[C@H](COP(=O)([O-])NC23CC4CC(CC(C4)C2)C3)[C@@H](O)[C@H]1O.[Na+]. The van der Waals surface area contributed by atoms with Crippen LogP contribution in [0.5, 0.6) is 0 Å². The molecule has 0 aromatic carbocycles. The average molecular weight is 502 g/mol. The average Bonchev–Trinajstić information content (AvgIpc) is 3.27. The van der Waals surface area contributed by atoms with Crippen molar-refractivity contribution in [1.29, 1.82) is 0 Å². The molecule has 14 heteroatoms.